The second-order valence-electron chi connectivity index (χ2n) is 8.79. The number of nitrogens with zero attached hydrogens (tertiary/aromatic N) is 2. The van der Waals surface area contributed by atoms with Gasteiger partial charge in [-0.2, -0.15) is 0 Å². The predicted octanol–water partition coefficient (Wildman–Crippen LogP) is 6.65. The Hall–Kier alpha value is -2.01. The summed E-state index contributed by atoms with van der Waals surface area (Å²) in [5.74, 6) is 1.98. The first-order valence-electron chi connectivity index (χ1n) is 10.5. The summed E-state index contributed by atoms with van der Waals surface area (Å²) in [6.45, 7) is 15.8. The van der Waals surface area contributed by atoms with Crippen molar-refractivity contribution in [2.24, 2.45) is 11.8 Å². The molecule has 2 heterocycles. The van der Waals surface area contributed by atoms with E-state index < -0.39 is 0 Å². The lowest BCUT2D eigenvalue weighted by Gasteiger charge is -2.35. The van der Waals surface area contributed by atoms with Crippen molar-refractivity contribution in [2.75, 3.05) is 16.8 Å². The third-order valence-electron chi connectivity index (χ3n) is 5.71. The molecule has 0 fully saturated rings. The average Bonchev–Trinajstić information content (AvgIpc) is 2.63. The van der Waals surface area contributed by atoms with Gasteiger partial charge in [-0.05, 0) is 62.3 Å². The van der Waals surface area contributed by atoms with Gasteiger partial charge in [0, 0.05) is 17.5 Å². The highest BCUT2D eigenvalue weighted by Gasteiger charge is 2.25. The van der Waals surface area contributed by atoms with Crippen LogP contribution in [0.5, 0.6) is 0 Å². The van der Waals surface area contributed by atoms with Crippen LogP contribution < -0.4 is 10.2 Å². The molecule has 1 aromatic heterocycles. The van der Waals surface area contributed by atoms with Crippen molar-refractivity contribution < 1.29 is 4.79 Å². The third kappa shape index (κ3) is 4.95. The maximum atomic E-state index is 12.5. The lowest BCUT2D eigenvalue weighted by molar-refractivity contribution is 0.269. The van der Waals surface area contributed by atoms with Crippen LogP contribution >= 0.6 is 11.8 Å². The highest BCUT2D eigenvalue weighted by atomic mass is 32.2. The first kappa shape index (κ1) is 21.7. The number of aryl methyl sites for hydroxylation is 3. The highest BCUT2D eigenvalue weighted by molar-refractivity contribution is 8.14. The number of amides is 1. The quantitative estimate of drug-likeness (QED) is 0.612. The molecule has 1 aromatic carbocycles. The third-order valence-corrected chi connectivity index (χ3v) is 6.94. The van der Waals surface area contributed by atoms with E-state index in [4.69, 9.17) is 4.98 Å². The summed E-state index contributed by atoms with van der Waals surface area (Å²) in [7, 11) is 0. The Morgan fingerprint density at radius 1 is 1.21 bits per heavy atom. The van der Waals surface area contributed by atoms with Crippen LogP contribution in [0.3, 0.4) is 0 Å². The number of nitrogens with one attached hydrogen (secondary N) is 1. The van der Waals surface area contributed by atoms with Crippen molar-refractivity contribution in [2.45, 2.75) is 60.1 Å². The van der Waals surface area contributed by atoms with Gasteiger partial charge in [0.15, 0.2) is 0 Å². The number of benzene rings is 1. The molecule has 2 unspecified atom stereocenters. The van der Waals surface area contributed by atoms with E-state index in [1.165, 1.54) is 28.6 Å². The molecule has 29 heavy (non-hydrogen) atoms. The summed E-state index contributed by atoms with van der Waals surface area (Å²) in [4.78, 5) is 19.7. The van der Waals surface area contributed by atoms with Crippen LogP contribution in [-0.4, -0.2) is 22.0 Å². The molecule has 1 aliphatic rings. The van der Waals surface area contributed by atoms with E-state index in [9.17, 15) is 4.79 Å². The van der Waals surface area contributed by atoms with Crippen molar-refractivity contribution in [1.82, 2.24) is 4.98 Å². The van der Waals surface area contributed by atoms with E-state index in [1.54, 1.807) is 0 Å². The molecule has 2 atom stereocenters. The second-order valence-corrected chi connectivity index (χ2v) is 10.1. The lowest BCUT2D eigenvalue weighted by atomic mass is 9.92. The molecular weight excluding hydrogens is 378 g/mol. The minimum Gasteiger partial charge on any atom is -0.326 e. The zero-order valence-electron chi connectivity index (χ0n) is 18.7. The summed E-state index contributed by atoms with van der Waals surface area (Å²) >= 11 is 1.36. The number of carbonyl (C=O) groups is 1. The minimum absolute atomic E-state index is 0.0145. The summed E-state index contributed by atoms with van der Waals surface area (Å²) in [5, 5.41) is 3.33. The molecule has 0 saturated carbocycles. The molecule has 0 radical (unpaired) electrons. The predicted molar refractivity (Wildman–Crippen MR) is 126 cm³/mol. The molecule has 1 N–H and O–H groups in total. The number of rotatable bonds is 4. The van der Waals surface area contributed by atoms with E-state index in [0.717, 1.165) is 35.7 Å². The summed E-state index contributed by atoms with van der Waals surface area (Å²) in [5.41, 5.74) is 6.67. The molecule has 0 bridgehead atoms. The van der Waals surface area contributed by atoms with Gasteiger partial charge in [0.05, 0.1) is 11.4 Å². The number of pyridine rings is 1. The zero-order chi connectivity index (χ0) is 21.3. The maximum absolute atomic E-state index is 12.5. The number of anilines is 3. The smallest absolute Gasteiger partial charge is 0.283 e. The van der Waals surface area contributed by atoms with E-state index in [0.29, 0.717) is 11.8 Å². The van der Waals surface area contributed by atoms with Gasteiger partial charge in [-0.25, -0.2) is 4.98 Å². The van der Waals surface area contributed by atoms with Crippen LogP contribution in [0.4, 0.5) is 22.0 Å². The van der Waals surface area contributed by atoms with Gasteiger partial charge in [-0.1, -0.05) is 57.2 Å². The molecule has 1 amide bonds. The van der Waals surface area contributed by atoms with Gasteiger partial charge in [0.2, 0.25) is 0 Å². The summed E-state index contributed by atoms with van der Waals surface area (Å²) in [6, 6.07) is 8.77. The first-order valence-corrected chi connectivity index (χ1v) is 11.4. The molecule has 3 rings (SSSR count). The molecule has 4 nitrogen and oxygen atoms in total. The van der Waals surface area contributed by atoms with Crippen molar-refractivity contribution in [3.63, 3.8) is 0 Å². The fourth-order valence-electron chi connectivity index (χ4n) is 3.78. The summed E-state index contributed by atoms with van der Waals surface area (Å²) < 4.78 is 0. The van der Waals surface area contributed by atoms with Crippen molar-refractivity contribution >= 4 is 34.2 Å². The topological polar surface area (TPSA) is 45.2 Å². The van der Waals surface area contributed by atoms with Crippen LogP contribution in [0, 0.1) is 32.6 Å². The van der Waals surface area contributed by atoms with Crippen LogP contribution in [-0.2, 0) is 6.42 Å². The Morgan fingerprint density at radius 2 is 1.93 bits per heavy atom. The van der Waals surface area contributed by atoms with Gasteiger partial charge < -0.3 is 10.2 Å². The van der Waals surface area contributed by atoms with Gasteiger partial charge >= 0.3 is 0 Å². The second kappa shape index (κ2) is 8.78. The number of hydrogen-bond acceptors (Lipinski definition) is 4. The molecule has 0 saturated heterocycles. The summed E-state index contributed by atoms with van der Waals surface area (Å²) in [6.07, 6.45) is 1.10. The number of aromatic nitrogens is 1. The Labute approximate surface area is 179 Å². The van der Waals surface area contributed by atoms with E-state index in [2.05, 4.69) is 69.1 Å². The van der Waals surface area contributed by atoms with Crippen molar-refractivity contribution in [1.29, 1.82) is 0 Å². The van der Waals surface area contributed by atoms with Crippen LogP contribution in [0.2, 0.25) is 0 Å². The zero-order valence-corrected chi connectivity index (χ0v) is 19.5. The normalized spacial score (nSPS) is 17.2. The molecular formula is C24H33N3OS. The van der Waals surface area contributed by atoms with Crippen LogP contribution in [0.1, 0.15) is 50.1 Å². The Bertz CT molecular complexity index is 886. The first-order chi connectivity index (χ1) is 13.7. The molecule has 5 heteroatoms. The van der Waals surface area contributed by atoms with Crippen molar-refractivity contribution in [3.05, 3.63) is 46.6 Å². The fourth-order valence-corrected chi connectivity index (χ4v) is 4.55. The maximum Gasteiger partial charge on any atom is 0.283 e. The Morgan fingerprint density at radius 3 is 2.59 bits per heavy atom. The number of thioether (sulfide) groups is 1. The van der Waals surface area contributed by atoms with E-state index >= 15 is 0 Å². The molecule has 156 valence electrons. The van der Waals surface area contributed by atoms with Crippen molar-refractivity contribution in [3.8, 4) is 0 Å². The van der Waals surface area contributed by atoms with E-state index in [1.807, 2.05) is 13.8 Å². The average molecular weight is 412 g/mol. The van der Waals surface area contributed by atoms with Crippen LogP contribution in [0.15, 0.2) is 24.3 Å². The number of carbonyl (C=O) groups excluding carboxylic acids is 1. The fraction of sp³-hybridized carbons (Fsp3) is 0.500. The Kier molecular flexibility index (Phi) is 6.57. The molecule has 2 aromatic rings. The van der Waals surface area contributed by atoms with Gasteiger partial charge in [-0.3, -0.25) is 4.79 Å². The number of hydrogen-bond donors (Lipinski definition) is 1. The molecule has 1 aliphatic heterocycles. The monoisotopic (exact) mass is 411 g/mol. The molecule has 0 spiro atoms. The highest BCUT2D eigenvalue weighted by Crippen LogP contribution is 2.37. The standard InChI is InChI=1S/C24H33N3OS/c1-14(2)19(7)29-24(28)26-23-17(5)12-22(25-18(23)6)27-13-16(4)11-20-10-15(3)8-9-21(20)27/h8-10,12,14,16,19H,11,13H2,1-7H3,(H,26,28). The Balaban J connectivity index is 1.87. The largest absolute Gasteiger partial charge is 0.326 e. The van der Waals surface area contributed by atoms with Gasteiger partial charge in [0.1, 0.15) is 5.82 Å². The van der Waals surface area contributed by atoms with Crippen LogP contribution in [0.25, 0.3) is 0 Å². The van der Waals surface area contributed by atoms with Gasteiger partial charge in [-0.15, -0.1) is 0 Å². The SMILES string of the molecule is Cc1ccc2c(c1)CC(C)CN2c1cc(C)c(NC(=O)SC(C)C(C)C)c(C)n1. The minimum atomic E-state index is -0.0145. The lowest BCUT2D eigenvalue weighted by Crippen LogP contribution is -2.31. The van der Waals surface area contributed by atoms with Gasteiger partial charge in [0.25, 0.3) is 5.24 Å². The number of fused-ring (bicyclic) bond motifs is 1. The van der Waals surface area contributed by atoms with E-state index in [-0.39, 0.29) is 10.5 Å². The molecule has 0 aliphatic carbocycles.